The van der Waals surface area contributed by atoms with E-state index in [-0.39, 0.29) is 10.8 Å². The molecule has 0 spiro atoms. The van der Waals surface area contributed by atoms with Crippen LogP contribution in [0.15, 0.2) is 52.9 Å². The van der Waals surface area contributed by atoms with Crippen LogP contribution in [0.4, 0.5) is 5.69 Å². The van der Waals surface area contributed by atoms with Crippen LogP contribution < -0.4 is 10.0 Å². The number of sulfonamides is 1. The largest absolute Gasteiger partial charge is 0.322 e. The van der Waals surface area contributed by atoms with E-state index >= 15 is 0 Å². The van der Waals surface area contributed by atoms with Gasteiger partial charge >= 0.3 is 0 Å². The molecule has 3 heterocycles. The first kappa shape index (κ1) is 21.2. The average Bonchev–Trinajstić information content (AvgIpc) is 3.44. The summed E-state index contributed by atoms with van der Waals surface area (Å²) in [4.78, 5) is 19.0. The van der Waals surface area contributed by atoms with Crippen LogP contribution in [0.25, 0.3) is 21.6 Å². The summed E-state index contributed by atoms with van der Waals surface area (Å²) in [6.45, 7) is 4.28. The fraction of sp³-hybridized carbons (Fsp3) is 0.190. The first-order valence-electron chi connectivity index (χ1n) is 9.60. The number of thiophene rings is 1. The Labute approximate surface area is 184 Å². The Morgan fingerprint density at radius 1 is 1.23 bits per heavy atom. The van der Waals surface area contributed by atoms with Gasteiger partial charge in [0.15, 0.2) is 5.65 Å². The average molecular weight is 456 g/mol. The van der Waals surface area contributed by atoms with Gasteiger partial charge in [-0.1, -0.05) is 12.1 Å². The SMILES string of the molecule is CCn1ncc2c(C(=O)Nc3ccc(C)c(S(=O)(=O)NC)c3)cc(-c3cccs3)nc21. The predicted octanol–water partition coefficient (Wildman–Crippen LogP) is 3.65. The van der Waals surface area contributed by atoms with Gasteiger partial charge in [-0.05, 0) is 56.1 Å². The van der Waals surface area contributed by atoms with Crippen molar-refractivity contribution in [2.75, 3.05) is 12.4 Å². The number of pyridine rings is 1. The zero-order valence-electron chi connectivity index (χ0n) is 17.2. The third-order valence-corrected chi connectivity index (χ3v) is 7.38. The molecule has 1 amide bonds. The molecule has 0 bridgehead atoms. The number of anilines is 1. The van der Waals surface area contributed by atoms with Crippen molar-refractivity contribution in [1.82, 2.24) is 19.5 Å². The van der Waals surface area contributed by atoms with Crippen LogP contribution in [-0.2, 0) is 16.6 Å². The van der Waals surface area contributed by atoms with Gasteiger partial charge in [0.2, 0.25) is 10.0 Å². The highest BCUT2D eigenvalue weighted by atomic mass is 32.2. The fourth-order valence-corrected chi connectivity index (χ4v) is 4.97. The van der Waals surface area contributed by atoms with E-state index in [9.17, 15) is 13.2 Å². The third kappa shape index (κ3) is 3.97. The van der Waals surface area contributed by atoms with Crippen molar-refractivity contribution in [3.63, 3.8) is 0 Å². The molecule has 0 aliphatic heterocycles. The van der Waals surface area contributed by atoms with Crippen LogP contribution in [0.1, 0.15) is 22.8 Å². The number of benzene rings is 1. The van der Waals surface area contributed by atoms with Crippen LogP contribution >= 0.6 is 11.3 Å². The van der Waals surface area contributed by atoms with Crippen molar-refractivity contribution >= 4 is 44.0 Å². The molecule has 0 aliphatic rings. The molecule has 4 rings (SSSR count). The van der Waals surface area contributed by atoms with Crippen LogP contribution in [0, 0.1) is 6.92 Å². The van der Waals surface area contributed by atoms with Crippen molar-refractivity contribution < 1.29 is 13.2 Å². The predicted molar refractivity (Wildman–Crippen MR) is 122 cm³/mol. The third-order valence-electron chi connectivity index (χ3n) is 4.93. The van der Waals surface area contributed by atoms with E-state index in [1.165, 1.54) is 24.5 Å². The van der Waals surface area contributed by atoms with Gasteiger partial charge in [0.05, 0.1) is 32.6 Å². The minimum Gasteiger partial charge on any atom is -0.322 e. The lowest BCUT2D eigenvalue weighted by Crippen LogP contribution is -2.20. The Morgan fingerprint density at radius 3 is 2.71 bits per heavy atom. The minimum atomic E-state index is -3.65. The van der Waals surface area contributed by atoms with Crippen LogP contribution in [-0.4, -0.2) is 36.1 Å². The number of hydrogen-bond acceptors (Lipinski definition) is 6. The first-order valence-corrected chi connectivity index (χ1v) is 12.0. The zero-order valence-corrected chi connectivity index (χ0v) is 18.8. The molecule has 3 aromatic heterocycles. The standard InChI is InChI=1S/C21H21N5O3S2/c1-4-26-20-16(12-23-26)15(11-17(25-20)18-6-5-9-30-18)21(27)24-14-8-7-13(2)19(10-14)31(28,29)22-3/h5-12,22H,4H2,1-3H3,(H,24,27). The second-order valence-electron chi connectivity index (χ2n) is 6.87. The molecule has 0 atom stereocenters. The number of rotatable bonds is 6. The summed E-state index contributed by atoms with van der Waals surface area (Å²) < 4.78 is 28.6. The summed E-state index contributed by atoms with van der Waals surface area (Å²) in [6.07, 6.45) is 1.63. The van der Waals surface area contributed by atoms with Gasteiger partial charge < -0.3 is 5.32 Å². The summed E-state index contributed by atoms with van der Waals surface area (Å²) in [5, 5.41) is 9.75. The number of hydrogen-bond donors (Lipinski definition) is 2. The lowest BCUT2D eigenvalue weighted by atomic mass is 10.1. The number of fused-ring (bicyclic) bond motifs is 1. The van der Waals surface area contributed by atoms with Crippen LogP contribution in [0.2, 0.25) is 0 Å². The second kappa shape index (κ2) is 8.22. The van der Waals surface area contributed by atoms with Gasteiger partial charge in [-0.2, -0.15) is 5.10 Å². The summed E-state index contributed by atoms with van der Waals surface area (Å²) in [5.74, 6) is -0.363. The van der Waals surface area contributed by atoms with Gasteiger partial charge in [-0.3, -0.25) is 4.79 Å². The Hall–Kier alpha value is -3.08. The molecule has 0 saturated carbocycles. The molecular formula is C21H21N5O3S2. The first-order chi connectivity index (χ1) is 14.8. The Kier molecular flexibility index (Phi) is 5.61. The van der Waals surface area contributed by atoms with Crippen molar-refractivity contribution in [3.05, 3.63) is 59.1 Å². The quantitative estimate of drug-likeness (QED) is 0.462. The van der Waals surface area contributed by atoms with E-state index in [0.29, 0.717) is 40.1 Å². The molecule has 10 heteroatoms. The number of carbonyl (C=O) groups excluding carboxylic acids is 1. The highest BCUT2D eigenvalue weighted by molar-refractivity contribution is 7.89. The Morgan fingerprint density at radius 2 is 2.03 bits per heavy atom. The molecule has 8 nitrogen and oxygen atoms in total. The molecule has 0 aliphatic carbocycles. The molecule has 2 N–H and O–H groups in total. The summed E-state index contributed by atoms with van der Waals surface area (Å²) in [7, 11) is -2.29. The lowest BCUT2D eigenvalue weighted by molar-refractivity contribution is 0.102. The molecule has 0 saturated heterocycles. The normalized spacial score (nSPS) is 11.7. The van der Waals surface area contributed by atoms with Gasteiger partial charge in [0.25, 0.3) is 5.91 Å². The monoisotopic (exact) mass is 455 g/mol. The van der Waals surface area contributed by atoms with Crippen molar-refractivity contribution in [1.29, 1.82) is 0 Å². The van der Waals surface area contributed by atoms with Crippen molar-refractivity contribution in [2.24, 2.45) is 0 Å². The van der Waals surface area contributed by atoms with E-state index in [1.54, 1.807) is 36.0 Å². The maximum atomic E-state index is 13.2. The number of amides is 1. The van der Waals surface area contributed by atoms with Crippen LogP contribution in [0.5, 0.6) is 0 Å². The maximum Gasteiger partial charge on any atom is 0.256 e. The summed E-state index contributed by atoms with van der Waals surface area (Å²) in [5.41, 5.74) is 2.70. The van der Waals surface area contributed by atoms with Crippen LogP contribution in [0.3, 0.4) is 0 Å². The molecule has 0 unspecified atom stereocenters. The summed E-state index contributed by atoms with van der Waals surface area (Å²) in [6, 6.07) is 10.4. The molecule has 160 valence electrons. The van der Waals surface area contributed by atoms with Gasteiger partial charge in [0.1, 0.15) is 0 Å². The van der Waals surface area contributed by atoms with E-state index in [1.807, 2.05) is 24.4 Å². The highest BCUT2D eigenvalue weighted by Crippen LogP contribution is 2.29. The minimum absolute atomic E-state index is 0.116. The molecule has 0 fully saturated rings. The van der Waals surface area contributed by atoms with Crippen molar-refractivity contribution in [3.8, 4) is 10.6 Å². The second-order valence-corrected chi connectivity index (χ2v) is 9.67. The number of nitrogens with one attached hydrogen (secondary N) is 2. The van der Waals surface area contributed by atoms with E-state index < -0.39 is 10.0 Å². The highest BCUT2D eigenvalue weighted by Gasteiger charge is 2.20. The number of nitrogens with zero attached hydrogens (tertiary/aromatic N) is 3. The lowest BCUT2D eigenvalue weighted by Gasteiger charge is -2.11. The number of aryl methyl sites for hydroxylation is 2. The van der Waals surface area contributed by atoms with Gasteiger partial charge in [0, 0.05) is 12.2 Å². The molecule has 31 heavy (non-hydrogen) atoms. The molecule has 1 aromatic carbocycles. The molecule has 0 radical (unpaired) electrons. The fourth-order valence-electron chi connectivity index (χ4n) is 3.29. The van der Waals surface area contributed by atoms with Gasteiger partial charge in [-0.15, -0.1) is 11.3 Å². The smallest absolute Gasteiger partial charge is 0.256 e. The van der Waals surface area contributed by atoms with E-state index in [2.05, 4.69) is 15.1 Å². The molecular weight excluding hydrogens is 434 g/mol. The van der Waals surface area contributed by atoms with E-state index in [4.69, 9.17) is 4.98 Å². The maximum absolute atomic E-state index is 13.2. The Bertz CT molecular complexity index is 1380. The zero-order chi connectivity index (χ0) is 22.2. The molecule has 4 aromatic rings. The van der Waals surface area contributed by atoms with Crippen molar-refractivity contribution in [2.45, 2.75) is 25.3 Å². The summed E-state index contributed by atoms with van der Waals surface area (Å²) >= 11 is 1.54. The number of carbonyl (C=O) groups is 1. The topological polar surface area (TPSA) is 106 Å². The van der Waals surface area contributed by atoms with E-state index in [0.717, 1.165) is 4.88 Å². The Balaban J connectivity index is 1.78. The van der Waals surface area contributed by atoms with Gasteiger partial charge in [-0.25, -0.2) is 22.8 Å². The number of aromatic nitrogens is 3.